The van der Waals surface area contributed by atoms with Crippen LogP contribution in [-0.2, 0) is 13.1 Å². The lowest BCUT2D eigenvalue weighted by Crippen LogP contribution is -1.97. The van der Waals surface area contributed by atoms with Gasteiger partial charge < -0.3 is 21.4 Å². The van der Waals surface area contributed by atoms with Gasteiger partial charge in [0.1, 0.15) is 11.6 Å². The van der Waals surface area contributed by atoms with Gasteiger partial charge in [0, 0.05) is 5.56 Å². The molecule has 0 fully saturated rings. The Morgan fingerprint density at radius 2 is 1.39 bits per heavy atom. The molecule has 0 saturated heterocycles. The Morgan fingerprint density at radius 1 is 0.714 bits per heavy atom. The van der Waals surface area contributed by atoms with Gasteiger partial charge in [-0.2, -0.15) is 0 Å². The van der Waals surface area contributed by atoms with Crippen molar-refractivity contribution in [3.63, 3.8) is 0 Å². The molecule has 0 aliphatic carbocycles. The normalized spacial score (nSPS) is 11.5. The maximum absolute atomic E-state index is 5.68. The molecule has 0 atom stereocenters. The molecule has 0 spiro atoms. The summed E-state index contributed by atoms with van der Waals surface area (Å²) in [7, 11) is 0. The molecule has 5 aromatic rings. The molecule has 3 aromatic carbocycles. The van der Waals surface area contributed by atoms with Crippen LogP contribution in [-0.4, -0.2) is 19.9 Å². The Labute approximate surface area is 161 Å². The van der Waals surface area contributed by atoms with Gasteiger partial charge in [0.2, 0.25) is 0 Å². The molecule has 0 aliphatic heterocycles. The van der Waals surface area contributed by atoms with E-state index in [-0.39, 0.29) is 0 Å². The van der Waals surface area contributed by atoms with Crippen molar-refractivity contribution in [3.8, 4) is 22.4 Å². The number of benzene rings is 3. The van der Waals surface area contributed by atoms with Gasteiger partial charge in [-0.3, -0.25) is 0 Å². The third-order valence-electron chi connectivity index (χ3n) is 5.03. The zero-order chi connectivity index (χ0) is 19.1. The van der Waals surface area contributed by atoms with Crippen molar-refractivity contribution in [3.05, 3.63) is 72.4 Å². The first-order valence-corrected chi connectivity index (χ1v) is 9.21. The fourth-order valence-electron chi connectivity index (χ4n) is 3.54. The molecule has 0 saturated carbocycles. The van der Waals surface area contributed by atoms with Crippen LogP contribution < -0.4 is 11.5 Å². The molecule has 0 bridgehead atoms. The minimum absolute atomic E-state index is 0.407. The quantitative estimate of drug-likeness (QED) is 0.388. The van der Waals surface area contributed by atoms with Crippen molar-refractivity contribution < 1.29 is 0 Å². The number of fused-ring (bicyclic) bond motifs is 2. The number of rotatable bonds is 4. The van der Waals surface area contributed by atoms with Crippen molar-refractivity contribution in [1.29, 1.82) is 0 Å². The Morgan fingerprint density at radius 3 is 2.14 bits per heavy atom. The first-order chi connectivity index (χ1) is 13.7. The van der Waals surface area contributed by atoms with Crippen LogP contribution in [0.15, 0.2) is 60.8 Å². The van der Waals surface area contributed by atoms with Crippen molar-refractivity contribution in [1.82, 2.24) is 19.9 Å². The number of aromatic nitrogens is 4. The Balaban J connectivity index is 1.53. The number of H-pyrrole nitrogens is 2. The lowest BCUT2D eigenvalue weighted by Gasteiger charge is -2.06. The first-order valence-electron chi connectivity index (χ1n) is 9.21. The smallest absolute Gasteiger partial charge is 0.121 e. The maximum atomic E-state index is 5.68. The van der Waals surface area contributed by atoms with Crippen LogP contribution in [0.3, 0.4) is 0 Å². The summed E-state index contributed by atoms with van der Waals surface area (Å²) in [5.74, 6) is 1.59. The van der Waals surface area contributed by atoms with E-state index in [1.807, 2.05) is 12.3 Å². The highest BCUT2D eigenvalue weighted by Crippen LogP contribution is 2.29. The number of aromatic amines is 2. The Kier molecular flexibility index (Phi) is 3.93. The fourth-order valence-corrected chi connectivity index (χ4v) is 3.54. The lowest BCUT2D eigenvalue weighted by molar-refractivity contribution is 0.950. The Hall–Kier alpha value is -3.48. The highest BCUT2D eigenvalue weighted by Gasteiger charge is 2.07. The average Bonchev–Trinajstić information content (AvgIpc) is 3.39. The van der Waals surface area contributed by atoms with Gasteiger partial charge in [-0.05, 0) is 46.2 Å². The molecule has 2 heterocycles. The molecule has 0 amide bonds. The molecule has 5 rings (SSSR count). The molecule has 6 heteroatoms. The zero-order valence-corrected chi connectivity index (χ0v) is 15.2. The standard InChI is InChI=1S/C22H20N6/c23-10-21-25-12-20(28-21)17-4-3-13-7-14(1-2-15(13)8-17)16-5-6-18-19(9-16)27-22(11-24)26-18/h1-9,12H,10-11,23-24H2,(H,25,28)(H,26,27). The lowest BCUT2D eigenvalue weighted by atomic mass is 9.99. The van der Waals surface area contributed by atoms with E-state index < -0.39 is 0 Å². The van der Waals surface area contributed by atoms with E-state index in [0.717, 1.165) is 45.1 Å². The van der Waals surface area contributed by atoms with E-state index in [4.69, 9.17) is 11.5 Å². The maximum Gasteiger partial charge on any atom is 0.121 e. The summed E-state index contributed by atoms with van der Waals surface area (Å²) in [6.07, 6.45) is 1.83. The van der Waals surface area contributed by atoms with Gasteiger partial charge in [0.25, 0.3) is 0 Å². The highest BCUT2D eigenvalue weighted by atomic mass is 14.9. The molecule has 138 valence electrons. The molecular formula is C22H20N6. The third kappa shape index (κ3) is 2.85. The topological polar surface area (TPSA) is 109 Å². The number of imidazole rings is 2. The van der Waals surface area contributed by atoms with Gasteiger partial charge in [-0.1, -0.05) is 30.3 Å². The third-order valence-corrected chi connectivity index (χ3v) is 5.03. The predicted octanol–water partition coefficient (Wildman–Crippen LogP) is 3.69. The largest absolute Gasteiger partial charge is 0.341 e. The summed E-state index contributed by atoms with van der Waals surface area (Å²) in [5.41, 5.74) is 17.6. The molecule has 0 radical (unpaired) electrons. The molecule has 28 heavy (non-hydrogen) atoms. The van der Waals surface area contributed by atoms with Gasteiger partial charge in [0.15, 0.2) is 0 Å². The van der Waals surface area contributed by atoms with E-state index in [0.29, 0.717) is 13.1 Å². The number of hydrogen-bond acceptors (Lipinski definition) is 4. The van der Waals surface area contributed by atoms with E-state index in [1.54, 1.807) is 0 Å². The first kappa shape index (κ1) is 16.7. The Bertz CT molecular complexity index is 1300. The van der Waals surface area contributed by atoms with Crippen LogP contribution in [0.5, 0.6) is 0 Å². The van der Waals surface area contributed by atoms with Gasteiger partial charge in [-0.15, -0.1) is 0 Å². The average molecular weight is 368 g/mol. The SMILES string of the molecule is NCc1ncc(-c2ccc3cc(-c4ccc5nc(CN)[nH]c5c4)ccc3c2)[nH]1. The molecule has 6 N–H and O–H groups in total. The second kappa shape index (κ2) is 6.60. The van der Waals surface area contributed by atoms with Crippen LogP contribution in [0, 0.1) is 0 Å². The van der Waals surface area contributed by atoms with Gasteiger partial charge >= 0.3 is 0 Å². The second-order valence-electron chi connectivity index (χ2n) is 6.84. The summed E-state index contributed by atoms with van der Waals surface area (Å²) in [6.45, 7) is 0.815. The van der Waals surface area contributed by atoms with Crippen LogP contribution in [0.25, 0.3) is 44.2 Å². The van der Waals surface area contributed by atoms with Crippen LogP contribution >= 0.6 is 0 Å². The minimum Gasteiger partial charge on any atom is -0.341 e. The zero-order valence-electron chi connectivity index (χ0n) is 15.2. The van der Waals surface area contributed by atoms with Crippen LogP contribution in [0.4, 0.5) is 0 Å². The van der Waals surface area contributed by atoms with E-state index in [1.165, 1.54) is 10.8 Å². The molecule has 0 unspecified atom stereocenters. The summed E-state index contributed by atoms with van der Waals surface area (Å²) in [5, 5.41) is 2.37. The number of nitrogens with one attached hydrogen (secondary N) is 2. The number of hydrogen-bond donors (Lipinski definition) is 4. The van der Waals surface area contributed by atoms with E-state index in [9.17, 15) is 0 Å². The van der Waals surface area contributed by atoms with Crippen molar-refractivity contribution in [2.24, 2.45) is 11.5 Å². The van der Waals surface area contributed by atoms with Crippen molar-refractivity contribution >= 4 is 21.8 Å². The van der Waals surface area contributed by atoms with E-state index >= 15 is 0 Å². The van der Waals surface area contributed by atoms with E-state index in [2.05, 4.69) is 68.5 Å². The fraction of sp³-hybridized carbons (Fsp3) is 0.0909. The molecule has 0 aliphatic rings. The van der Waals surface area contributed by atoms with Gasteiger partial charge in [0.05, 0.1) is 36.0 Å². The highest BCUT2D eigenvalue weighted by molar-refractivity contribution is 5.91. The molecular weight excluding hydrogens is 348 g/mol. The monoisotopic (exact) mass is 368 g/mol. The minimum atomic E-state index is 0.407. The number of nitrogens with zero attached hydrogens (tertiary/aromatic N) is 2. The summed E-state index contributed by atoms with van der Waals surface area (Å²) in [6, 6.07) is 19.2. The second-order valence-corrected chi connectivity index (χ2v) is 6.84. The summed E-state index contributed by atoms with van der Waals surface area (Å²) >= 11 is 0. The van der Waals surface area contributed by atoms with Crippen LogP contribution in [0.2, 0.25) is 0 Å². The summed E-state index contributed by atoms with van der Waals surface area (Å²) < 4.78 is 0. The molecule has 2 aromatic heterocycles. The van der Waals surface area contributed by atoms with Crippen LogP contribution in [0.1, 0.15) is 11.6 Å². The number of nitrogens with two attached hydrogens (primary N) is 2. The summed E-state index contributed by atoms with van der Waals surface area (Å²) in [4.78, 5) is 15.3. The van der Waals surface area contributed by atoms with Crippen molar-refractivity contribution in [2.75, 3.05) is 0 Å². The van der Waals surface area contributed by atoms with Gasteiger partial charge in [-0.25, -0.2) is 9.97 Å². The van der Waals surface area contributed by atoms with Crippen molar-refractivity contribution in [2.45, 2.75) is 13.1 Å². The molecule has 6 nitrogen and oxygen atoms in total. The predicted molar refractivity (Wildman–Crippen MR) is 112 cm³/mol.